The summed E-state index contributed by atoms with van der Waals surface area (Å²) < 4.78 is 8.53. The van der Waals surface area contributed by atoms with Gasteiger partial charge >= 0.3 is 0 Å². The van der Waals surface area contributed by atoms with Crippen LogP contribution in [0.4, 0.5) is 5.82 Å². The number of hydrogen-bond donors (Lipinski definition) is 1. The first-order chi connectivity index (χ1) is 20.1. The van der Waals surface area contributed by atoms with Crippen molar-refractivity contribution >= 4 is 40.1 Å². The van der Waals surface area contributed by atoms with Crippen molar-refractivity contribution in [1.82, 2.24) is 29.8 Å². The lowest BCUT2D eigenvalue weighted by Crippen LogP contribution is -2.63. The molecule has 0 bridgehead atoms. The molecule has 1 aromatic carbocycles. The van der Waals surface area contributed by atoms with Gasteiger partial charge in [-0.05, 0) is 57.2 Å². The van der Waals surface area contributed by atoms with Crippen molar-refractivity contribution in [1.29, 1.82) is 0 Å². The molecule has 3 aliphatic heterocycles. The number of anilines is 1. The summed E-state index contributed by atoms with van der Waals surface area (Å²) in [5.41, 5.74) is 4.93. The quantitative estimate of drug-likeness (QED) is 0.455. The molecular formula is C31H38ClN7O3. The summed E-state index contributed by atoms with van der Waals surface area (Å²) in [4.78, 5) is 30.4. The van der Waals surface area contributed by atoms with Gasteiger partial charge < -0.3 is 19.4 Å². The van der Waals surface area contributed by atoms with Crippen LogP contribution in [0.5, 0.6) is 0 Å². The van der Waals surface area contributed by atoms with Crippen LogP contribution in [-0.4, -0.2) is 93.1 Å². The van der Waals surface area contributed by atoms with Crippen LogP contribution in [0.2, 0.25) is 5.02 Å². The van der Waals surface area contributed by atoms with E-state index in [1.807, 2.05) is 29.0 Å². The van der Waals surface area contributed by atoms with Crippen LogP contribution in [0.3, 0.4) is 0 Å². The van der Waals surface area contributed by atoms with E-state index in [9.17, 15) is 9.59 Å². The number of likely N-dealkylation sites (tertiary alicyclic amines) is 1. The molecule has 1 saturated carbocycles. The molecule has 1 N–H and O–H groups in total. The van der Waals surface area contributed by atoms with Crippen molar-refractivity contribution in [3.05, 3.63) is 41.2 Å². The SMILES string of the molecule is C=CC(=O)N1CC2(CC(n3nc(N4CCC5(CC4)CN(C(C)=O)CCO5)c(-c4c(Cl)c(C)cc5[nH]ncc45)c3C)C2)C1. The van der Waals surface area contributed by atoms with E-state index in [2.05, 4.69) is 33.3 Å². The molecule has 3 aromatic rings. The lowest BCUT2D eigenvalue weighted by atomic mass is 9.60. The topological polar surface area (TPSA) is 99.6 Å². The fourth-order valence-electron chi connectivity index (χ4n) is 7.78. The minimum atomic E-state index is -0.309. The number of aromatic amines is 1. The van der Waals surface area contributed by atoms with Crippen LogP contribution in [0.15, 0.2) is 24.9 Å². The molecule has 42 heavy (non-hydrogen) atoms. The molecule has 7 rings (SSSR count). The van der Waals surface area contributed by atoms with Gasteiger partial charge in [0, 0.05) is 73.8 Å². The third-order valence-corrected chi connectivity index (χ3v) is 10.6. The number of aromatic nitrogens is 4. The molecule has 10 nitrogen and oxygen atoms in total. The van der Waals surface area contributed by atoms with Gasteiger partial charge in [-0.3, -0.25) is 19.4 Å². The zero-order chi connectivity index (χ0) is 29.4. The van der Waals surface area contributed by atoms with Crippen molar-refractivity contribution in [2.45, 2.75) is 58.1 Å². The number of ether oxygens (including phenoxy) is 1. The smallest absolute Gasteiger partial charge is 0.245 e. The average Bonchev–Trinajstić information content (AvgIpc) is 3.52. The summed E-state index contributed by atoms with van der Waals surface area (Å²) in [6.07, 6.45) is 6.90. The van der Waals surface area contributed by atoms with Gasteiger partial charge in [0.2, 0.25) is 11.8 Å². The van der Waals surface area contributed by atoms with Gasteiger partial charge in [0.05, 0.1) is 35.0 Å². The maximum absolute atomic E-state index is 12.1. The fraction of sp³-hybridized carbons (Fsp3) is 0.548. The van der Waals surface area contributed by atoms with E-state index < -0.39 is 0 Å². The van der Waals surface area contributed by atoms with E-state index in [0.717, 1.165) is 96.0 Å². The Morgan fingerprint density at radius 2 is 1.86 bits per heavy atom. The minimum Gasteiger partial charge on any atom is -0.371 e. The predicted octanol–water partition coefficient (Wildman–Crippen LogP) is 4.26. The molecule has 4 fully saturated rings. The van der Waals surface area contributed by atoms with E-state index in [0.29, 0.717) is 19.7 Å². The summed E-state index contributed by atoms with van der Waals surface area (Å²) in [7, 11) is 0. The maximum atomic E-state index is 12.1. The van der Waals surface area contributed by atoms with Crippen LogP contribution in [0.1, 0.15) is 49.9 Å². The van der Waals surface area contributed by atoms with E-state index in [1.54, 1.807) is 6.92 Å². The number of amides is 2. The third kappa shape index (κ3) is 4.25. The van der Waals surface area contributed by atoms with Crippen molar-refractivity contribution in [2.24, 2.45) is 5.41 Å². The molecule has 3 saturated heterocycles. The second-order valence-electron chi connectivity index (χ2n) is 12.9. The molecule has 2 amide bonds. The van der Waals surface area contributed by atoms with Crippen molar-refractivity contribution < 1.29 is 14.3 Å². The molecule has 0 unspecified atom stereocenters. The Kier molecular flexibility index (Phi) is 6.43. The predicted molar refractivity (Wildman–Crippen MR) is 162 cm³/mol. The summed E-state index contributed by atoms with van der Waals surface area (Å²) in [6.45, 7) is 14.5. The second-order valence-corrected chi connectivity index (χ2v) is 13.2. The highest BCUT2D eigenvalue weighted by atomic mass is 35.5. The number of aryl methyl sites for hydroxylation is 1. The largest absolute Gasteiger partial charge is 0.371 e. The van der Waals surface area contributed by atoms with Gasteiger partial charge in [-0.25, -0.2) is 0 Å². The Balaban J connectivity index is 1.22. The fourth-order valence-corrected chi connectivity index (χ4v) is 8.03. The van der Waals surface area contributed by atoms with E-state index in [4.69, 9.17) is 21.4 Å². The summed E-state index contributed by atoms with van der Waals surface area (Å²) in [5, 5.41) is 14.5. The molecule has 5 heterocycles. The standard InChI is InChI=1S/C31H38ClN7O3/c1-5-25(41)38-16-30(17-38)13-22(14-30)39-20(3)26(27-23-15-33-34-24(23)12-19(2)28(27)32)29(35-39)36-8-6-31(7-9-36)18-37(21(4)40)10-11-42-31/h5,12,15,22H,1,6-11,13-14,16-18H2,2-4H3,(H,33,34). The third-order valence-electron chi connectivity index (χ3n) is 10.1. The Labute approximate surface area is 250 Å². The van der Waals surface area contributed by atoms with Gasteiger partial charge in [-0.2, -0.15) is 10.2 Å². The molecule has 2 spiro atoms. The number of halogens is 1. The molecule has 11 heteroatoms. The summed E-state index contributed by atoms with van der Waals surface area (Å²) >= 11 is 7.08. The highest BCUT2D eigenvalue weighted by Crippen LogP contribution is 2.55. The van der Waals surface area contributed by atoms with Crippen LogP contribution >= 0.6 is 11.6 Å². The lowest BCUT2D eigenvalue weighted by Gasteiger charge is -2.58. The van der Waals surface area contributed by atoms with Gasteiger partial charge in [-0.15, -0.1) is 0 Å². The first kappa shape index (κ1) is 27.5. The Morgan fingerprint density at radius 3 is 2.55 bits per heavy atom. The molecule has 0 atom stereocenters. The van der Waals surface area contributed by atoms with Crippen molar-refractivity contribution in [3.8, 4) is 11.1 Å². The molecule has 222 valence electrons. The second kappa shape index (κ2) is 9.84. The number of piperidine rings is 1. The molecular weight excluding hydrogens is 554 g/mol. The van der Waals surface area contributed by atoms with Crippen LogP contribution in [-0.2, 0) is 14.3 Å². The number of H-pyrrole nitrogens is 1. The lowest BCUT2D eigenvalue weighted by molar-refractivity contribution is -0.152. The number of fused-ring (bicyclic) bond motifs is 1. The average molecular weight is 592 g/mol. The molecule has 2 aromatic heterocycles. The maximum Gasteiger partial charge on any atom is 0.245 e. The van der Waals surface area contributed by atoms with Crippen LogP contribution in [0.25, 0.3) is 22.0 Å². The zero-order valence-electron chi connectivity index (χ0n) is 24.6. The van der Waals surface area contributed by atoms with E-state index >= 15 is 0 Å². The Hall–Kier alpha value is -3.37. The van der Waals surface area contributed by atoms with Crippen molar-refractivity contribution in [2.75, 3.05) is 50.8 Å². The van der Waals surface area contributed by atoms with E-state index in [-0.39, 0.29) is 28.9 Å². The van der Waals surface area contributed by atoms with Gasteiger partial charge in [0.15, 0.2) is 5.82 Å². The van der Waals surface area contributed by atoms with E-state index in [1.165, 1.54) is 6.08 Å². The van der Waals surface area contributed by atoms with Crippen molar-refractivity contribution in [3.63, 3.8) is 0 Å². The molecule has 1 aliphatic carbocycles. The van der Waals surface area contributed by atoms with Gasteiger partial charge in [0.1, 0.15) is 0 Å². The summed E-state index contributed by atoms with van der Waals surface area (Å²) in [6, 6.07) is 2.31. The number of rotatable bonds is 4. The number of carbonyl (C=O) groups is 2. The first-order valence-corrected chi connectivity index (χ1v) is 15.3. The van der Waals surface area contributed by atoms with Gasteiger partial charge in [-0.1, -0.05) is 18.2 Å². The highest BCUT2D eigenvalue weighted by molar-refractivity contribution is 6.36. The first-order valence-electron chi connectivity index (χ1n) is 14.9. The number of nitrogens with zero attached hydrogens (tertiary/aromatic N) is 6. The van der Waals surface area contributed by atoms with Gasteiger partial charge in [0.25, 0.3) is 0 Å². The normalized spacial score (nSPS) is 21.6. The number of carbonyl (C=O) groups excluding carboxylic acids is 2. The number of benzene rings is 1. The number of hydrogen-bond acceptors (Lipinski definition) is 6. The number of nitrogens with one attached hydrogen (secondary N) is 1. The molecule has 0 radical (unpaired) electrons. The Bertz CT molecular complexity index is 1590. The summed E-state index contributed by atoms with van der Waals surface area (Å²) in [5.74, 6) is 1.06. The Morgan fingerprint density at radius 1 is 1.12 bits per heavy atom. The monoisotopic (exact) mass is 591 g/mol. The number of morpholine rings is 1. The minimum absolute atomic E-state index is 0.0124. The van der Waals surface area contributed by atoms with Crippen LogP contribution in [0, 0.1) is 19.3 Å². The zero-order valence-corrected chi connectivity index (χ0v) is 25.3. The highest BCUT2D eigenvalue weighted by Gasteiger charge is 2.54. The van der Waals surface area contributed by atoms with Crippen LogP contribution < -0.4 is 4.90 Å². The molecule has 4 aliphatic rings.